The van der Waals surface area contributed by atoms with Crippen molar-refractivity contribution >= 4 is 16.9 Å². The molecular formula is C44H39F5N4O5. The zero-order valence-electron chi connectivity index (χ0n) is 31.1. The highest BCUT2D eigenvalue weighted by atomic mass is 19.2. The van der Waals surface area contributed by atoms with E-state index in [-0.39, 0.29) is 37.1 Å². The van der Waals surface area contributed by atoms with Crippen LogP contribution in [0.5, 0.6) is 0 Å². The lowest BCUT2D eigenvalue weighted by molar-refractivity contribution is -0.253. The number of hydrogen-bond acceptors (Lipinski definition) is 6. The number of nitrogens with one attached hydrogen (secondary N) is 2. The largest absolute Gasteiger partial charge is 0.392 e. The zero-order chi connectivity index (χ0) is 40.5. The molecule has 9 nitrogen and oxygen atoms in total. The Kier molecular flexibility index (Phi) is 11.3. The van der Waals surface area contributed by atoms with Crippen LogP contribution in [-0.4, -0.2) is 51.2 Å². The number of para-hydroxylation sites is 2. The fourth-order valence-corrected chi connectivity index (χ4v) is 7.89. The van der Waals surface area contributed by atoms with Crippen LogP contribution >= 0.6 is 0 Å². The van der Waals surface area contributed by atoms with E-state index in [0.29, 0.717) is 18.5 Å². The number of nitrogens with zero attached hydrogens (tertiary/aromatic N) is 2. The predicted octanol–water partition coefficient (Wildman–Crippen LogP) is 8.00. The van der Waals surface area contributed by atoms with Crippen LogP contribution in [0.1, 0.15) is 70.3 Å². The van der Waals surface area contributed by atoms with Gasteiger partial charge in [0, 0.05) is 44.2 Å². The Balaban J connectivity index is 0.951. The zero-order valence-corrected chi connectivity index (χ0v) is 31.1. The van der Waals surface area contributed by atoms with Gasteiger partial charge in [0.25, 0.3) is 5.91 Å². The molecule has 0 bridgehead atoms. The summed E-state index contributed by atoms with van der Waals surface area (Å²) in [5.41, 5.74) is 4.72. The quantitative estimate of drug-likeness (QED) is 0.0737. The van der Waals surface area contributed by atoms with Crippen LogP contribution < -0.4 is 11.0 Å². The molecule has 2 fully saturated rings. The number of carbonyl (C=O) groups is 1. The number of hydrogen-bond donors (Lipinski definition) is 3. The molecule has 2 aliphatic rings. The number of imidazole rings is 1. The van der Waals surface area contributed by atoms with Crippen molar-refractivity contribution in [1.29, 1.82) is 0 Å². The molecule has 2 aliphatic heterocycles. The number of likely N-dealkylation sites (tertiary alicyclic amines) is 1. The molecule has 0 saturated carbocycles. The molecule has 1 amide bonds. The highest BCUT2D eigenvalue weighted by molar-refractivity contribution is 5.94. The molecule has 58 heavy (non-hydrogen) atoms. The molecule has 0 spiro atoms. The normalized spacial score (nSPS) is 19.1. The first kappa shape index (κ1) is 39.2. The maximum absolute atomic E-state index is 14.2. The van der Waals surface area contributed by atoms with Crippen LogP contribution in [0.4, 0.5) is 22.0 Å². The molecule has 6 aromatic rings. The van der Waals surface area contributed by atoms with Gasteiger partial charge in [-0.2, -0.15) is 0 Å². The van der Waals surface area contributed by atoms with Crippen LogP contribution in [0, 0.1) is 29.1 Å². The minimum absolute atomic E-state index is 0.0664. The topological polar surface area (TPSA) is 109 Å². The molecule has 3 atom stereocenters. The Morgan fingerprint density at radius 2 is 1.43 bits per heavy atom. The van der Waals surface area contributed by atoms with E-state index >= 15 is 0 Å². The highest BCUT2D eigenvalue weighted by Crippen LogP contribution is 2.39. The lowest BCUT2D eigenvalue weighted by Gasteiger charge is -2.40. The number of halogens is 5. The molecule has 1 aromatic heterocycles. The van der Waals surface area contributed by atoms with E-state index in [4.69, 9.17) is 9.47 Å². The van der Waals surface area contributed by atoms with E-state index in [1.807, 2.05) is 83.4 Å². The number of aliphatic hydroxyl groups excluding tert-OH is 1. The first-order valence-corrected chi connectivity index (χ1v) is 19.0. The highest BCUT2D eigenvalue weighted by Gasteiger charge is 2.35. The van der Waals surface area contributed by atoms with E-state index in [9.17, 15) is 36.6 Å². The summed E-state index contributed by atoms with van der Waals surface area (Å²) in [5, 5.41) is 11.8. The number of ether oxygens (including phenoxy) is 2. The molecular weight excluding hydrogens is 759 g/mol. The molecule has 3 unspecified atom stereocenters. The summed E-state index contributed by atoms with van der Waals surface area (Å²) in [7, 11) is 0. The van der Waals surface area contributed by atoms with Crippen molar-refractivity contribution in [1.82, 2.24) is 19.8 Å². The van der Waals surface area contributed by atoms with E-state index in [1.54, 1.807) is 18.2 Å². The average Bonchev–Trinajstić information content (AvgIpc) is 3.60. The van der Waals surface area contributed by atoms with Crippen molar-refractivity contribution in [3.8, 4) is 11.1 Å². The number of aromatic nitrogens is 2. The second kappa shape index (κ2) is 16.7. The number of aliphatic hydroxyl groups is 1. The van der Waals surface area contributed by atoms with Crippen LogP contribution in [0.3, 0.4) is 0 Å². The van der Waals surface area contributed by atoms with Crippen molar-refractivity contribution in [3.63, 3.8) is 0 Å². The Morgan fingerprint density at radius 3 is 2.14 bits per heavy atom. The third-order valence-corrected chi connectivity index (χ3v) is 11.0. The Labute approximate surface area is 329 Å². The van der Waals surface area contributed by atoms with E-state index in [0.717, 1.165) is 64.8 Å². The van der Waals surface area contributed by atoms with Gasteiger partial charge < -0.3 is 29.8 Å². The maximum Gasteiger partial charge on any atom is 0.326 e. The number of H-pyrrole nitrogens is 1. The van der Waals surface area contributed by atoms with Crippen molar-refractivity contribution in [3.05, 3.63) is 164 Å². The lowest BCUT2D eigenvalue weighted by Crippen LogP contribution is -2.43. The number of rotatable bonds is 10. The minimum atomic E-state index is -2.34. The molecule has 5 aromatic carbocycles. The van der Waals surface area contributed by atoms with Crippen LogP contribution in [0.15, 0.2) is 102 Å². The number of amides is 1. The first-order valence-electron chi connectivity index (χ1n) is 19.0. The predicted molar refractivity (Wildman–Crippen MR) is 205 cm³/mol. The smallest absolute Gasteiger partial charge is 0.326 e. The van der Waals surface area contributed by atoms with Crippen molar-refractivity contribution in [2.45, 2.75) is 57.0 Å². The van der Waals surface area contributed by atoms with Gasteiger partial charge >= 0.3 is 5.69 Å². The standard InChI is InChI=1S/C44H39F5N4O5/c45-37-36(38(46)40(48)41(49)39(37)47)42(55)50-22-26-4-3-5-30(20-26)27-12-14-29(15-13-27)43-57-32(21-35(58-43)28-10-8-25(24-54)9-11-28)23-52-18-16-31(17-19-52)53-34-7-2-1-6-33(34)51-44(53)56/h1-15,20,31-32,35,43,54H,16-19,21-24H2,(H,50,55)(H,51,56). The number of benzene rings is 5. The summed E-state index contributed by atoms with van der Waals surface area (Å²) in [6.45, 7) is 1.96. The number of fused-ring (bicyclic) bond motifs is 1. The van der Waals surface area contributed by atoms with Gasteiger partial charge in [-0.25, -0.2) is 26.7 Å². The summed E-state index contributed by atoms with van der Waals surface area (Å²) in [6.07, 6.45) is 1.10. The van der Waals surface area contributed by atoms with Gasteiger partial charge in [0.15, 0.2) is 29.6 Å². The van der Waals surface area contributed by atoms with Crippen molar-refractivity contribution < 1.29 is 41.3 Å². The molecule has 300 valence electrons. The molecule has 0 radical (unpaired) electrons. The van der Waals surface area contributed by atoms with Gasteiger partial charge in [-0.15, -0.1) is 0 Å². The monoisotopic (exact) mass is 798 g/mol. The van der Waals surface area contributed by atoms with Gasteiger partial charge in [0.2, 0.25) is 5.82 Å². The minimum Gasteiger partial charge on any atom is -0.392 e. The Hall–Kier alpha value is -5.67. The number of aromatic amines is 1. The van der Waals surface area contributed by atoms with Crippen molar-refractivity contribution in [2.24, 2.45) is 0 Å². The summed E-state index contributed by atoms with van der Waals surface area (Å²) in [4.78, 5) is 30.7. The molecule has 3 N–H and O–H groups in total. The number of carbonyl (C=O) groups excluding carboxylic acids is 1. The van der Waals surface area contributed by atoms with Gasteiger partial charge in [-0.05, 0) is 58.9 Å². The number of piperidine rings is 1. The van der Waals surface area contributed by atoms with Crippen LogP contribution in [0.2, 0.25) is 0 Å². The van der Waals surface area contributed by atoms with Crippen molar-refractivity contribution in [2.75, 3.05) is 19.6 Å². The summed E-state index contributed by atoms with van der Waals surface area (Å²) in [5.74, 6) is -12.6. The lowest BCUT2D eigenvalue weighted by atomic mass is 9.98. The Bertz CT molecular complexity index is 2470. The fourth-order valence-electron chi connectivity index (χ4n) is 7.89. The molecule has 0 aliphatic carbocycles. The first-order chi connectivity index (χ1) is 28.1. The van der Waals surface area contributed by atoms with Crippen LogP contribution in [-0.2, 0) is 22.6 Å². The fraction of sp³-hybridized carbons (Fsp3) is 0.273. The second-order valence-electron chi connectivity index (χ2n) is 14.6. The van der Waals surface area contributed by atoms with Gasteiger partial charge in [-0.3, -0.25) is 9.36 Å². The summed E-state index contributed by atoms with van der Waals surface area (Å²) >= 11 is 0. The molecule has 8 rings (SSSR count). The third kappa shape index (κ3) is 7.92. The van der Waals surface area contributed by atoms with Gasteiger partial charge in [0.1, 0.15) is 5.56 Å². The molecule has 2 saturated heterocycles. The van der Waals surface area contributed by atoms with E-state index < -0.39 is 46.8 Å². The summed E-state index contributed by atoms with van der Waals surface area (Å²) in [6, 6.07) is 30.0. The van der Waals surface area contributed by atoms with Gasteiger partial charge in [-0.1, -0.05) is 78.9 Å². The Morgan fingerprint density at radius 1 is 0.759 bits per heavy atom. The average molecular weight is 799 g/mol. The molecule has 3 heterocycles. The summed E-state index contributed by atoms with van der Waals surface area (Å²) < 4.78 is 84.2. The second-order valence-corrected chi connectivity index (χ2v) is 14.6. The SMILES string of the molecule is O=C(NCc1cccc(-c2ccc(C3OC(CN4CCC(n5c(=O)[nH]c6ccccc65)CC4)CC(c4ccc(CO)cc4)O3)cc2)c1)c1c(F)c(F)c(F)c(F)c1F. The maximum atomic E-state index is 14.2. The van der Waals surface area contributed by atoms with Gasteiger partial charge in [0.05, 0.1) is 29.8 Å². The third-order valence-electron chi connectivity index (χ3n) is 11.0. The van der Waals surface area contributed by atoms with Crippen LogP contribution in [0.25, 0.3) is 22.2 Å². The van der Waals surface area contributed by atoms with E-state index in [1.165, 1.54) is 0 Å². The molecule has 14 heteroatoms. The van der Waals surface area contributed by atoms with E-state index in [2.05, 4.69) is 15.2 Å².